The van der Waals surface area contributed by atoms with Gasteiger partial charge in [0.15, 0.2) is 5.69 Å². The van der Waals surface area contributed by atoms with Crippen LogP contribution < -0.4 is 5.32 Å². The quantitative estimate of drug-likeness (QED) is 0.612. The van der Waals surface area contributed by atoms with Crippen molar-refractivity contribution in [1.29, 1.82) is 0 Å². The van der Waals surface area contributed by atoms with Crippen LogP contribution in [0.3, 0.4) is 0 Å². The van der Waals surface area contributed by atoms with Crippen LogP contribution in [-0.2, 0) is 18.3 Å². The Morgan fingerprint density at radius 1 is 1.21 bits per heavy atom. The van der Waals surface area contributed by atoms with Gasteiger partial charge >= 0.3 is 5.97 Å². The second-order valence-corrected chi connectivity index (χ2v) is 6.49. The van der Waals surface area contributed by atoms with Crippen molar-refractivity contribution < 1.29 is 14.3 Å². The maximum absolute atomic E-state index is 12.4. The van der Waals surface area contributed by atoms with E-state index in [1.54, 1.807) is 32.2 Å². The van der Waals surface area contributed by atoms with Gasteiger partial charge in [-0.05, 0) is 19.1 Å². The Morgan fingerprint density at radius 3 is 2.61 bits per heavy atom. The van der Waals surface area contributed by atoms with E-state index in [-0.39, 0.29) is 30.5 Å². The molecule has 0 atom stereocenters. The number of hydrogen-bond acceptors (Lipinski definition) is 6. The van der Waals surface area contributed by atoms with E-state index in [9.17, 15) is 9.59 Å². The maximum atomic E-state index is 12.4. The number of esters is 1. The zero-order valence-electron chi connectivity index (χ0n) is 15.0. The summed E-state index contributed by atoms with van der Waals surface area (Å²) in [6, 6.07) is 6.54. The van der Waals surface area contributed by atoms with Crippen molar-refractivity contribution >= 4 is 41.0 Å². The van der Waals surface area contributed by atoms with Crippen LogP contribution in [0.5, 0.6) is 0 Å². The zero-order valence-corrected chi connectivity index (χ0v) is 16.5. The molecule has 2 aromatic heterocycles. The lowest BCUT2D eigenvalue weighted by atomic mass is 10.2. The van der Waals surface area contributed by atoms with Gasteiger partial charge in [0.2, 0.25) is 5.95 Å². The van der Waals surface area contributed by atoms with Gasteiger partial charge in [0, 0.05) is 28.7 Å². The SMILES string of the molecule is CCOC(=O)c1cc(C(=O)Nc2ncn(Cc3c(Cl)cccc3Cl)n2)nn1C. The summed E-state index contributed by atoms with van der Waals surface area (Å²) in [5, 5.41) is 11.7. The maximum Gasteiger partial charge on any atom is 0.356 e. The lowest BCUT2D eigenvalue weighted by molar-refractivity contribution is 0.0513. The Labute approximate surface area is 170 Å². The fourth-order valence-electron chi connectivity index (χ4n) is 2.41. The highest BCUT2D eigenvalue weighted by molar-refractivity contribution is 6.35. The molecule has 0 spiro atoms. The predicted molar refractivity (Wildman–Crippen MR) is 103 cm³/mol. The van der Waals surface area contributed by atoms with Crippen LogP contribution in [0.1, 0.15) is 33.5 Å². The number of amides is 1. The number of carbonyl (C=O) groups excluding carboxylic acids is 2. The normalized spacial score (nSPS) is 10.7. The fourth-order valence-corrected chi connectivity index (χ4v) is 2.93. The number of aryl methyl sites for hydroxylation is 1. The van der Waals surface area contributed by atoms with Crippen molar-refractivity contribution in [2.24, 2.45) is 7.05 Å². The number of rotatable bonds is 6. The molecule has 0 aliphatic rings. The van der Waals surface area contributed by atoms with Crippen molar-refractivity contribution in [1.82, 2.24) is 24.5 Å². The third kappa shape index (κ3) is 4.32. The lowest BCUT2D eigenvalue weighted by Gasteiger charge is -2.06. The zero-order chi connectivity index (χ0) is 20.3. The molecule has 0 aliphatic heterocycles. The van der Waals surface area contributed by atoms with E-state index in [1.807, 2.05) is 0 Å². The molecule has 1 N–H and O–H groups in total. The predicted octanol–water partition coefficient (Wildman–Crippen LogP) is 2.80. The molecule has 3 rings (SSSR count). The average Bonchev–Trinajstić information content (AvgIpc) is 3.25. The van der Waals surface area contributed by atoms with E-state index < -0.39 is 11.9 Å². The molecule has 0 aliphatic carbocycles. The number of carbonyl (C=O) groups is 2. The van der Waals surface area contributed by atoms with Gasteiger partial charge in [-0.1, -0.05) is 29.3 Å². The molecule has 28 heavy (non-hydrogen) atoms. The first kappa shape index (κ1) is 19.8. The second kappa shape index (κ2) is 8.41. The first-order valence-electron chi connectivity index (χ1n) is 8.24. The number of benzene rings is 1. The van der Waals surface area contributed by atoms with Crippen LogP contribution in [0.15, 0.2) is 30.6 Å². The van der Waals surface area contributed by atoms with Gasteiger partial charge in [-0.25, -0.2) is 14.5 Å². The molecule has 1 amide bonds. The lowest BCUT2D eigenvalue weighted by Crippen LogP contribution is -2.14. The molecular weight excluding hydrogens is 407 g/mol. The van der Waals surface area contributed by atoms with E-state index in [2.05, 4.69) is 20.5 Å². The monoisotopic (exact) mass is 422 g/mol. The van der Waals surface area contributed by atoms with Gasteiger partial charge in [-0.15, -0.1) is 5.10 Å². The summed E-state index contributed by atoms with van der Waals surface area (Å²) in [5.41, 5.74) is 0.896. The summed E-state index contributed by atoms with van der Waals surface area (Å²) in [6.45, 7) is 2.21. The molecule has 0 saturated heterocycles. The third-order valence-electron chi connectivity index (χ3n) is 3.74. The molecule has 11 heteroatoms. The van der Waals surface area contributed by atoms with Gasteiger partial charge in [0.05, 0.1) is 13.2 Å². The van der Waals surface area contributed by atoms with E-state index in [1.165, 1.54) is 21.8 Å². The Balaban J connectivity index is 1.71. The molecule has 0 saturated carbocycles. The van der Waals surface area contributed by atoms with Crippen molar-refractivity contribution in [2.45, 2.75) is 13.5 Å². The summed E-state index contributed by atoms with van der Waals surface area (Å²) >= 11 is 12.3. The van der Waals surface area contributed by atoms with E-state index >= 15 is 0 Å². The highest BCUT2D eigenvalue weighted by atomic mass is 35.5. The van der Waals surface area contributed by atoms with Gasteiger partial charge < -0.3 is 4.74 Å². The molecule has 0 bridgehead atoms. The molecule has 9 nitrogen and oxygen atoms in total. The van der Waals surface area contributed by atoms with Crippen molar-refractivity contribution in [3.8, 4) is 0 Å². The number of anilines is 1. The summed E-state index contributed by atoms with van der Waals surface area (Å²) in [5.74, 6) is -1.04. The Kier molecular flexibility index (Phi) is 5.96. The molecule has 3 aromatic rings. The third-order valence-corrected chi connectivity index (χ3v) is 4.45. The minimum atomic E-state index is -0.560. The first-order chi connectivity index (χ1) is 13.4. The van der Waals surface area contributed by atoms with Crippen LogP contribution >= 0.6 is 23.2 Å². The molecule has 0 unspecified atom stereocenters. The Hall–Kier alpha value is -2.91. The first-order valence-corrected chi connectivity index (χ1v) is 8.99. The topological polar surface area (TPSA) is 104 Å². The number of ether oxygens (including phenoxy) is 1. The fraction of sp³-hybridized carbons (Fsp3) is 0.235. The average molecular weight is 423 g/mol. The summed E-state index contributed by atoms with van der Waals surface area (Å²) in [6.07, 6.45) is 1.44. The van der Waals surface area contributed by atoms with Crippen LogP contribution in [0.2, 0.25) is 10.0 Å². The highest BCUT2D eigenvalue weighted by Gasteiger charge is 2.19. The van der Waals surface area contributed by atoms with Gasteiger partial charge in [-0.2, -0.15) is 5.10 Å². The Bertz CT molecular complexity index is 1010. The summed E-state index contributed by atoms with van der Waals surface area (Å²) in [4.78, 5) is 28.2. The minimum absolute atomic E-state index is 0.0380. The number of nitrogens with one attached hydrogen (secondary N) is 1. The second-order valence-electron chi connectivity index (χ2n) is 5.68. The van der Waals surface area contributed by atoms with Crippen molar-refractivity contribution in [3.05, 3.63) is 57.6 Å². The highest BCUT2D eigenvalue weighted by Crippen LogP contribution is 2.24. The number of nitrogens with zero attached hydrogens (tertiary/aromatic N) is 5. The minimum Gasteiger partial charge on any atom is -0.461 e. The van der Waals surface area contributed by atoms with E-state index in [0.29, 0.717) is 15.6 Å². The molecule has 1 aromatic carbocycles. The van der Waals surface area contributed by atoms with Crippen molar-refractivity contribution in [2.75, 3.05) is 11.9 Å². The van der Waals surface area contributed by atoms with Crippen LogP contribution in [0.4, 0.5) is 5.95 Å². The van der Waals surface area contributed by atoms with E-state index in [4.69, 9.17) is 27.9 Å². The summed E-state index contributed by atoms with van der Waals surface area (Å²) < 4.78 is 7.69. The molecular formula is C17H16Cl2N6O3. The summed E-state index contributed by atoms with van der Waals surface area (Å²) in [7, 11) is 1.54. The molecule has 0 radical (unpaired) electrons. The van der Waals surface area contributed by atoms with Gasteiger partial charge in [0.25, 0.3) is 5.91 Å². The number of aromatic nitrogens is 5. The molecule has 2 heterocycles. The molecule has 0 fully saturated rings. The van der Waals surface area contributed by atoms with Crippen LogP contribution in [0.25, 0.3) is 0 Å². The standard InChI is InChI=1S/C17H16Cl2N6O3/c1-3-28-16(27)14-7-13(22-24(14)2)15(26)21-17-20-9-25(23-17)8-10-11(18)5-4-6-12(10)19/h4-7,9H,3,8H2,1-2H3,(H,21,23,26). The van der Waals surface area contributed by atoms with Crippen LogP contribution in [0, 0.1) is 0 Å². The van der Waals surface area contributed by atoms with Gasteiger partial charge in [0.1, 0.15) is 12.0 Å². The van der Waals surface area contributed by atoms with Gasteiger partial charge in [-0.3, -0.25) is 14.8 Å². The molecule has 146 valence electrons. The van der Waals surface area contributed by atoms with E-state index in [0.717, 1.165) is 0 Å². The van der Waals surface area contributed by atoms with Crippen molar-refractivity contribution in [3.63, 3.8) is 0 Å². The smallest absolute Gasteiger partial charge is 0.356 e. The number of halogens is 2. The Morgan fingerprint density at radius 2 is 1.93 bits per heavy atom. The number of hydrogen-bond donors (Lipinski definition) is 1. The largest absolute Gasteiger partial charge is 0.461 e. The van der Waals surface area contributed by atoms with Crippen LogP contribution in [-0.4, -0.2) is 43.0 Å².